The predicted molar refractivity (Wildman–Crippen MR) is 131 cm³/mol. The Labute approximate surface area is 210 Å². The largest absolute Gasteiger partial charge is 0.470 e. The van der Waals surface area contributed by atoms with Crippen molar-refractivity contribution in [3.63, 3.8) is 0 Å². The van der Waals surface area contributed by atoms with Gasteiger partial charge in [0, 0.05) is 36.1 Å². The summed E-state index contributed by atoms with van der Waals surface area (Å²) in [4.78, 5) is 17.4. The first-order valence-electron chi connectivity index (χ1n) is 12.0. The number of rotatable bonds is 7. The van der Waals surface area contributed by atoms with Gasteiger partial charge in [0.05, 0.1) is 11.3 Å². The minimum absolute atomic E-state index is 0.0299. The number of carbonyl (C=O) groups excluding carboxylic acids is 1. The Morgan fingerprint density at radius 2 is 1.92 bits per heavy atom. The molecule has 5 aromatic rings. The summed E-state index contributed by atoms with van der Waals surface area (Å²) in [7, 11) is 0. The zero-order chi connectivity index (χ0) is 25.2. The number of nitrogens with zero attached hydrogens (tertiary/aromatic N) is 7. The molecule has 1 aliphatic heterocycles. The Balaban J connectivity index is 1.32. The van der Waals surface area contributed by atoms with Crippen molar-refractivity contribution in [1.29, 1.82) is 0 Å². The lowest BCUT2D eigenvalue weighted by Gasteiger charge is -2.27. The number of aliphatic hydroxyl groups is 1. The van der Waals surface area contributed by atoms with E-state index in [0.717, 1.165) is 36.7 Å². The van der Waals surface area contributed by atoms with Crippen LogP contribution < -0.4 is 10.2 Å². The summed E-state index contributed by atoms with van der Waals surface area (Å²) < 4.78 is 12.8. The van der Waals surface area contributed by atoms with Gasteiger partial charge in [0.25, 0.3) is 5.91 Å². The Hall–Kier alpha value is -4.42. The van der Waals surface area contributed by atoms with Crippen LogP contribution >= 0.6 is 0 Å². The summed E-state index contributed by atoms with van der Waals surface area (Å²) >= 11 is 0. The molecule has 1 fully saturated rings. The molecule has 0 saturated carbocycles. The van der Waals surface area contributed by atoms with E-state index in [1.807, 2.05) is 29.3 Å². The Kier molecular flexibility index (Phi) is 6.16. The molecular formula is C25H24N8O4. The average molecular weight is 501 g/mol. The fourth-order valence-electron chi connectivity index (χ4n) is 4.42. The van der Waals surface area contributed by atoms with Crippen molar-refractivity contribution in [1.82, 2.24) is 40.4 Å². The minimum Gasteiger partial charge on any atom is -0.470 e. The van der Waals surface area contributed by atoms with Crippen molar-refractivity contribution >= 4 is 22.3 Å². The molecular weight excluding hydrogens is 476 g/mol. The number of amides is 1. The summed E-state index contributed by atoms with van der Waals surface area (Å²) in [6, 6.07) is 12.6. The van der Waals surface area contributed by atoms with Crippen LogP contribution in [-0.4, -0.2) is 59.1 Å². The molecule has 0 atom stereocenters. The van der Waals surface area contributed by atoms with E-state index in [0.29, 0.717) is 40.1 Å². The van der Waals surface area contributed by atoms with Crippen molar-refractivity contribution in [2.24, 2.45) is 0 Å². The van der Waals surface area contributed by atoms with Gasteiger partial charge in [-0.05, 0) is 31.0 Å². The van der Waals surface area contributed by atoms with Crippen LogP contribution in [0.4, 0.5) is 0 Å². The number of pyridine rings is 1. The number of nitrogens with one attached hydrogen (secondary N) is 1. The van der Waals surface area contributed by atoms with Crippen LogP contribution in [0.25, 0.3) is 27.9 Å². The number of aliphatic hydroxyl groups excluding tert-OH is 1. The average Bonchev–Trinajstić information content (AvgIpc) is 3.59. The van der Waals surface area contributed by atoms with Gasteiger partial charge < -0.3 is 14.4 Å². The number of hydrogen-bond donors (Lipinski definition) is 2. The molecule has 6 rings (SSSR count). The van der Waals surface area contributed by atoms with E-state index in [-0.39, 0.29) is 19.1 Å². The zero-order valence-electron chi connectivity index (χ0n) is 19.9. The van der Waals surface area contributed by atoms with Crippen LogP contribution in [0.3, 0.4) is 0 Å². The quantitative estimate of drug-likeness (QED) is 0.342. The van der Waals surface area contributed by atoms with E-state index < -0.39 is 0 Å². The highest BCUT2D eigenvalue weighted by Crippen LogP contribution is 2.29. The molecule has 1 saturated heterocycles. The maximum atomic E-state index is 13.0. The van der Waals surface area contributed by atoms with Crippen LogP contribution in [0, 0.1) is 0 Å². The first kappa shape index (κ1) is 23.0. The van der Waals surface area contributed by atoms with E-state index in [2.05, 4.69) is 30.9 Å². The second-order valence-corrected chi connectivity index (χ2v) is 8.72. The highest BCUT2D eigenvalue weighted by atomic mass is 16.5. The van der Waals surface area contributed by atoms with Crippen molar-refractivity contribution in [2.75, 3.05) is 13.1 Å². The van der Waals surface area contributed by atoms with Gasteiger partial charge in [-0.25, -0.2) is 5.01 Å². The van der Waals surface area contributed by atoms with Crippen LogP contribution in [0.5, 0.6) is 5.88 Å². The molecule has 4 aromatic heterocycles. The number of carbonyl (C=O) groups is 1. The molecule has 5 heterocycles. The lowest BCUT2D eigenvalue weighted by Crippen LogP contribution is -2.45. The second kappa shape index (κ2) is 9.91. The molecule has 1 aromatic carbocycles. The van der Waals surface area contributed by atoms with Crippen LogP contribution in [-0.2, 0) is 13.2 Å². The number of hydrazine groups is 1. The van der Waals surface area contributed by atoms with E-state index in [1.54, 1.807) is 24.4 Å². The van der Waals surface area contributed by atoms with Gasteiger partial charge in [-0.15, -0.1) is 15.3 Å². The van der Waals surface area contributed by atoms with E-state index >= 15 is 0 Å². The molecule has 0 aliphatic carbocycles. The Morgan fingerprint density at radius 3 is 2.73 bits per heavy atom. The minimum atomic E-state index is -0.286. The summed E-state index contributed by atoms with van der Waals surface area (Å²) in [5.74, 6) is 0.750. The molecule has 1 aliphatic rings. The lowest BCUT2D eigenvalue weighted by atomic mass is 10.1. The number of hydrogen-bond acceptors (Lipinski definition) is 10. The number of ether oxygens (including phenoxy) is 1. The molecule has 12 nitrogen and oxygen atoms in total. The van der Waals surface area contributed by atoms with Gasteiger partial charge in [-0.3, -0.25) is 15.2 Å². The molecule has 0 spiro atoms. The second-order valence-electron chi connectivity index (χ2n) is 8.72. The number of fused-ring (bicyclic) bond motifs is 3. The molecule has 188 valence electrons. The van der Waals surface area contributed by atoms with Crippen molar-refractivity contribution in [2.45, 2.75) is 32.5 Å². The Morgan fingerprint density at radius 1 is 1.08 bits per heavy atom. The third kappa shape index (κ3) is 4.47. The molecule has 1 amide bonds. The number of benzene rings is 1. The van der Waals surface area contributed by atoms with Crippen LogP contribution in [0.15, 0.2) is 53.2 Å². The number of aromatic nitrogens is 6. The smallest absolute Gasteiger partial charge is 0.267 e. The van der Waals surface area contributed by atoms with Crippen molar-refractivity contribution in [3.8, 4) is 17.4 Å². The van der Waals surface area contributed by atoms with Gasteiger partial charge in [-0.2, -0.15) is 4.52 Å². The van der Waals surface area contributed by atoms with Crippen molar-refractivity contribution in [3.05, 3.63) is 65.7 Å². The van der Waals surface area contributed by atoms with Gasteiger partial charge in [0.2, 0.25) is 11.7 Å². The zero-order valence-corrected chi connectivity index (χ0v) is 19.9. The molecule has 0 unspecified atom stereocenters. The number of piperidine rings is 1. The maximum Gasteiger partial charge on any atom is 0.267 e. The highest BCUT2D eigenvalue weighted by molar-refractivity contribution is 5.97. The SMILES string of the molecule is O=C(NN1CCCCC1)c1cccnc1COc1nn2c(-c3cc(CO)on3)nnc2c2ccccc12. The Bertz CT molecular complexity index is 1570. The lowest BCUT2D eigenvalue weighted by molar-refractivity contribution is 0.0747. The van der Waals surface area contributed by atoms with E-state index in [4.69, 9.17) is 9.26 Å². The third-order valence-corrected chi connectivity index (χ3v) is 6.27. The summed E-state index contributed by atoms with van der Waals surface area (Å²) in [6.07, 6.45) is 4.93. The molecule has 37 heavy (non-hydrogen) atoms. The van der Waals surface area contributed by atoms with Gasteiger partial charge in [0.1, 0.15) is 13.2 Å². The highest BCUT2D eigenvalue weighted by Gasteiger charge is 2.21. The normalized spacial score (nSPS) is 14.3. The first-order chi connectivity index (χ1) is 18.2. The van der Waals surface area contributed by atoms with Gasteiger partial charge in [0.15, 0.2) is 17.1 Å². The van der Waals surface area contributed by atoms with Crippen LogP contribution in [0.2, 0.25) is 0 Å². The van der Waals surface area contributed by atoms with Gasteiger partial charge >= 0.3 is 0 Å². The summed E-state index contributed by atoms with van der Waals surface area (Å²) in [5, 5.41) is 29.9. The fraction of sp³-hybridized carbons (Fsp3) is 0.280. The standard InChI is InChI=1S/C25H24N8O4/c34-14-16-13-20(31-37-16)23-28-27-22-17-7-2-3-8-18(17)25(30-33(22)23)36-15-21-19(9-6-10-26-21)24(35)29-32-11-4-1-5-12-32/h2-3,6-10,13,34H,1,4-5,11-12,14-15H2,(H,29,35). The maximum absolute atomic E-state index is 13.0. The fourth-order valence-corrected chi connectivity index (χ4v) is 4.42. The van der Waals surface area contributed by atoms with E-state index in [1.165, 1.54) is 10.9 Å². The molecule has 2 N–H and O–H groups in total. The molecule has 0 radical (unpaired) electrons. The topological polar surface area (TPSA) is 144 Å². The van der Waals surface area contributed by atoms with Crippen molar-refractivity contribution < 1.29 is 19.2 Å². The van der Waals surface area contributed by atoms with Crippen LogP contribution in [0.1, 0.15) is 41.1 Å². The van der Waals surface area contributed by atoms with Gasteiger partial charge in [-0.1, -0.05) is 29.8 Å². The first-order valence-corrected chi connectivity index (χ1v) is 12.0. The molecule has 0 bridgehead atoms. The van der Waals surface area contributed by atoms with E-state index in [9.17, 15) is 9.90 Å². The molecule has 12 heteroatoms. The third-order valence-electron chi connectivity index (χ3n) is 6.27. The predicted octanol–water partition coefficient (Wildman–Crippen LogP) is 2.53. The summed E-state index contributed by atoms with van der Waals surface area (Å²) in [6.45, 7) is 1.41. The summed E-state index contributed by atoms with van der Waals surface area (Å²) in [5.41, 5.74) is 4.83. The monoisotopic (exact) mass is 500 g/mol.